The van der Waals surface area contributed by atoms with Crippen LogP contribution in [-0.4, -0.2) is 31.6 Å². The Kier molecular flexibility index (Phi) is 5.04. The summed E-state index contributed by atoms with van der Waals surface area (Å²) in [6.45, 7) is 5.99. The summed E-state index contributed by atoms with van der Waals surface area (Å²) in [5, 5.41) is 4.25. The Hall–Kier alpha value is -0.570. The van der Waals surface area contributed by atoms with Crippen molar-refractivity contribution in [3.05, 3.63) is 34.9 Å². The van der Waals surface area contributed by atoms with Crippen molar-refractivity contribution in [2.45, 2.75) is 25.8 Å². The third kappa shape index (κ3) is 3.47. The topological polar surface area (TPSA) is 15.3 Å². The number of hydrogen-bond acceptors (Lipinski definition) is 2. The number of nitrogens with one attached hydrogen (secondary N) is 1. The SMILES string of the molecule is CNC(CCN1CCC(C)C1)c1ccccc1Cl. The third-order valence-electron chi connectivity index (χ3n) is 3.87. The molecule has 0 aliphatic carbocycles. The first-order valence-electron chi connectivity index (χ1n) is 6.84. The van der Waals surface area contributed by atoms with E-state index < -0.39 is 0 Å². The summed E-state index contributed by atoms with van der Waals surface area (Å²) in [6, 6.07) is 8.49. The van der Waals surface area contributed by atoms with Gasteiger partial charge in [-0.15, -0.1) is 0 Å². The Balaban J connectivity index is 1.92. The number of likely N-dealkylation sites (tertiary alicyclic amines) is 1. The lowest BCUT2D eigenvalue weighted by Crippen LogP contribution is -2.26. The van der Waals surface area contributed by atoms with Gasteiger partial charge in [0.05, 0.1) is 0 Å². The molecule has 1 aromatic carbocycles. The monoisotopic (exact) mass is 266 g/mol. The van der Waals surface area contributed by atoms with E-state index in [9.17, 15) is 0 Å². The highest BCUT2D eigenvalue weighted by atomic mass is 35.5. The molecule has 2 rings (SSSR count). The van der Waals surface area contributed by atoms with Crippen molar-refractivity contribution in [2.75, 3.05) is 26.7 Å². The molecule has 3 heteroatoms. The summed E-state index contributed by atoms with van der Waals surface area (Å²) < 4.78 is 0. The van der Waals surface area contributed by atoms with Crippen molar-refractivity contribution >= 4 is 11.6 Å². The Labute approximate surface area is 115 Å². The molecule has 1 fully saturated rings. The van der Waals surface area contributed by atoms with Crippen LogP contribution < -0.4 is 5.32 Å². The van der Waals surface area contributed by atoms with Gasteiger partial charge >= 0.3 is 0 Å². The van der Waals surface area contributed by atoms with Gasteiger partial charge in [-0.05, 0) is 50.5 Å². The zero-order valence-corrected chi connectivity index (χ0v) is 12.1. The molecule has 1 saturated heterocycles. The Morgan fingerprint density at radius 3 is 2.83 bits per heavy atom. The van der Waals surface area contributed by atoms with Crippen LogP contribution in [-0.2, 0) is 0 Å². The fourth-order valence-electron chi connectivity index (χ4n) is 2.75. The quantitative estimate of drug-likeness (QED) is 0.880. The highest BCUT2D eigenvalue weighted by Gasteiger charge is 2.20. The second-order valence-corrected chi connectivity index (χ2v) is 5.75. The second-order valence-electron chi connectivity index (χ2n) is 5.35. The number of halogens is 1. The van der Waals surface area contributed by atoms with Gasteiger partial charge in [0, 0.05) is 17.6 Å². The normalized spacial score (nSPS) is 22.3. The molecule has 2 nitrogen and oxygen atoms in total. The van der Waals surface area contributed by atoms with Gasteiger partial charge in [0.1, 0.15) is 0 Å². The van der Waals surface area contributed by atoms with E-state index in [1.165, 1.54) is 25.1 Å². The Morgan fingerprint density at radius 1 is 1.44 bits per heavy atom. The van der Waals surface area contributed by atoms with E-state index in [2.05, 4.69) is 29.3 Å². The standard InChI is InChI=1S/C15H23ClN2/c1-12-7-9-18(11-12)10-8-15(17-2)13-5-3-4-6-14(13)16/h3-6,12,15,17H,7-11H2,1-2H3. The van der Waals surface area contributed by atoms with Crippen molar-refractivity contribution in [3.63, 3.8) is 0 Å². The van der Waals surface area contributed by atoms with E-state index in [0.29, 0.717) is 6.04 Å². The van der Waals surface area contributed by atoms with Gasteiger partial charge in [-0.1, -0.05) is 36.7 Å². The van der Waals surface area contributed by atoms with Gasteiger partial charge in [0.15, 0.2) is 0 Å². The van der Waals surface area contributed by atoms with E-state index in [1.807, 2.05) is 19.2 Å². The maximum Gasteiger partial charge on any atom is 0.0453 e. The van der Waals surface area contributed by atoms with Gasteiger partial charge in [-0.3, -0.25) is 0 Å². The summed E-state index contributed by atoms with van der Waals surface area (Å²) in [7, 11) is 2.01. The summed E-state index contributed by atoms with van der Waals surface area (Å²) in [6.07, 6.45) is 2.46. The summed E-state index contributed by atoms with van der Waals surface area (Å²) >= 11 is 6.26. The largest absolute Gasteiger partial charge is 0.313 e. The molecule has 0 amide bonds. The third-order valence-corrected chi connectivity index (χ3v) is 4.22. The van der Waals surface area contributed by atoms with Crippen LogP contribution in [0.2, 0.25) is 5.02 Å². The highest BCUT2D eigenvalue weighted by Crippen LogP contribution is 2.25. The van der Waals surface area contributed by atoms with Gasteiger partial charge in [-0.2, -0.15) is 0 Å². The fourth-order valence-corrected chi connectivity index (χ4v) is 3.02. The maximum absolute atomic E-state index is 6.26. The smallest absolute Gasteiger partial charge is 0.0453 e. The molecule has 0 saturated carbocycles. The molecule has 1 aromatic rings. The molecule has 0 aromatic heterocycles. The number of hydrogen-bond donors (Lipinski definition) is 1. The van der Waals surface area contributed by atoms with Crippen LogP contribution in [0.5, 0.6) is 0 Å². The van der Waals surface area contributed by atoms with Gasteiger partial charge in [0.25, 0.3) is 0 Å². The minimum absolute atomic E-state index is 0.356. The van der Waals surface area contributed by atoms with Gasteiger partial charge < -0.3 is 10.2 Å². The average molecular weight is 267 g/mol. The van der Waals surface area contributed by atoms with Gasteiger partial charge in [-0.25, -0.2) is 0 Å². The first kappa shape index (κ1) is 13.9. The van der Waals surface area contributed by atoms with Crippen LogP contribution in [0.4, 0.5) is 0 Å². The van der Waals surface area contributed by atoms with Crippen LogP contribution in [0.25, 0.3) is 0 Å². The molecule has 100 valence electrons. The molecule has 1 aliphatic rings. The van der Waals surface area contributed by atoms with Crippen molar-refractivity contribution < 1.29 is 0 Å². The predicted octanol–water partition coefficient (Wildman–Crippen LogP) is 3.33. The lowest BCUT2D eigenvalue weighted by molar-refractivity contribution is 0.305. The molecule has 2 unspecified atom stereocenters. The summed E-state index contributed by atoms with van der Waals surface area (Å²) in [5.41, 5.74) is 1.22. The zero-order valence-electron chi connectivity index (χ0n) is 11.3. The zero-order chi connectivity index (χ0) is 13.0. The lowest BCUT2D eigenvalue weighted by Gasteiger charge is -2.22. The molecule has 1 N–H and O–H groups in total. The van der Waals surface area contributed by atoms with Crippen molar-refractivity contribution in [2.24, 2.45) is 5.92 Å². The van der Waals surface area contributed by atoms with Gasteiger partial charge in [0.2, 0.25) is 0 Å². The predicted molar refractivity (Wildman–Crippen MR) is 78.1 cm³/mol. The fraction of sp³-hybridized carbons (Fsp3) is 0.600. The lowest BCUT2D eigenvalue weighted by atomic mass is 10.0. The average Bonchev–Trinajstić information content (AvgIpc) is 2.78. The maximum atomic E-state index is 6.26. The van der Waals surface area contributed by atoms with E-state index >= 15 is 0 Å². The van der Waals surface area contributed by atoms with Crippen molar-refractivity contribution in [1.82, 2.24) is 10.2 Å². The molecule has 1 aliphatic heterocycles. The van der Waals surface area contributed by atoms with E-state index in [-0.39, 0.29) is 0 Å². The summed E-state index contributed by atoms with van der Waals surface area (Å²) in [5.74, 6) is 0.860. The molecule has 2 atom stereocenters. The minimum Gasteiger partial charge on any atom is -0.313 e. The number of rotatable bonds is 5. The van der Waals surface area contributed by atoms with Crippen LogP contribution in [0, 0.1) is 5.92 Å². The van der Waals surface area contributed by atoms with E-state index in [4.69, 9.17) is 11.6 Å². The molecule has 0 radical (unpaired) electrons. The molecule has 18 heavy (non-hydrogen) atoms. The van der Waals surface area contributed by atoms with Crippen molar-refractivity contribution in [1.29, 1.82) is 0 Å². The molecule has 0 spiro atoms. The first-order chi connectivity index (χ1) is 8.70. The second kappa shape index (κ2) is 6.55. The first-order valence-corrected chi connectivity index (χ1v) is 7.22. The van der Waals surface area contributed by atoms with Crippen LogP contribution in [0.1, 0.15) is 31.4 Å². The van der Waals surface area contributed by atoms with Crippen LogP contribution in [0.3, 0.4) is 0 Å². The van der Waals surface area contributed by atoms with E-state index in [1.54, 1.807) is 0 Å². The van der Waals surface area contributed by atoms with E-state index in [0.717, 1.165) is 23.9 Å². The Morgan fingerprint density at radius 2 is 2.22 bits per heavy atom. The highest BCUT2D eigenvalue weighted by molar-refractivity contribution is 6.31. The molecule has 1 heterocycles. The molecular formula is C15H23ClN2. The number of benzene rings is 1. The molecule has 0 bridgehead atoms. The Bertz CT molecular complexity index is 381. The summed E-state index contributed by atoms with van der Waals surface area (Å²) in [4.78, 5) is 2.56. The number of nitrogens with zero attached hydrogens (tertiary/aromatic N) is 1. The molecular weight excluding hydrogens is 244 g/mol. The van der Waals surface area contributed by atoms with Crippen LogP contribution >= 0.6 is 11.6 Å². The van der Waals surface area contributed by atoms with Crippen molar-refractivity contribution in [3.8, 4) is 0 Å². The van der Waals surface area contributed by atoms with Crippen LogP contribution in [0.15, 0.2) is 24.3 Å². The minimum atomic E-state index is 0.356.